The topological polar surface area (TPSA) is 107 Å². The second-order valence-electron chi connectivity index (χ2n) is 5.13. The Morgan fingerprint density at radius 1 is 1.17 bits per heavy atom. The smallest absolute Gasteiger partial charge is 0.305 e. The molecule has 6 nitrogen and oxygen atoms in total. The lowest BCUT2D eigenvalue weighted by atomic mass is 9.97. The third kappa shape index (κ3) is 4.69. The Morgan fingerprint density at radius 2 is 1.83 bits per heavy atom. The molecule has 0 radical (unpaired) electrons. The fourth-order valence-corrected chi connectivity index (χ4v) is 2.24. The minimum atomic E-state index is -0.924. The number of carbonyl (C=O) groups excluding carboxylic acids is 1. The predicted octanol–water partition coefficient (Wildman–Crippen LogP) is 1.72. The average Bonchev–Trinajstić information content (AvgIpc) is 2.52. The number of carbonyl (C=O) groups is 2. The van der Waals surface area contributed by atoms with E-state index in [1.54, 1.807) is 14.0 Å². The third-order valence-corrected chi connectivity index (χ3v) is 3.60. The number of nitrogens with one attached hydrogen (secondary N) is 1. The maximum Gasteiger partial charge on any atom is 0.305 e. The molecule has 0 aliphatic rings. The summed E-state index contributed by atoms with van der Waals surface area (Å²) in [5, 5.41) is 13.3. The number of aliphatic carboxylic acids is 1. The van der Waals surface area contributed by atoms with Crippen molar-refractivity contribution in [1.29, 1.82) is 0 Å². The Hall–Kier alpha value is -2.60. The number of carboxylic acid groups (broad SMARTS) is 1. The van der Waals surface area contributed by atoms with Crippen LogP contribution in [-0.4, -0.2) is 36.1 Å². The van der Waals surface area contributed by atoms with Crippen LogP contribution in [0.5, 0.6) is 5.75 Å². The van der Waals surface area contributed by atoms with Gasteiger partial charge in [0.25, 0.3) is 0 Å². The molecule has 0 unspecified atom stereocenters. The van der Waals surface area contributed by atoms with Crippen LogP contribution in [0.1, 0.15) is 24.8 Å². The maximum atomic E-state index is 12.0. The summed E-state index contributed by atoms with van der Waals surface area (Å²) in [6.45, 7) is 1.95. The van der Waals surface area contributed by atoms with Crippen LogP contribution in [0.4, 0.5) is 0 Å². The molecule has 1 atom stereocenters. The van der Waals surface area contributed by atoms with E-state index in [9.17, 15) is 9.59 Å². The molecule has 0 aliphatic heterocycles. The minimum Gasteiger partial charge on any atom is -0.497 e. The number of ether oxygens (including phenoxy) is 1. The molecular weight excluding hydrogens is 298 g/mol. The van der Waals surface area contributed by atoms with Crippen LogP contribution < -0.4 is 10.1 Å². The van der Waals surface area contributed by atoms with Crippen LogP contribution in [0.15, 0.2) is 36.4 Å². The van der Waals surface area contributed by atoms with Crippen molar-refractivity contribution in [2.45, 2.75) is 19.3 Å². The van der Waals surface area contributed by atoms with Gasteiger partial charge in [0, 0.05) is 6.54 Å². The molecule has 0 aromatic heterocycles. The summed E-state index contributed by atoms with van der Waals surface area (Å²) in [6.07, 6.45) is -0.0734. The molecule has 0 saturated heterocycles. The minimum absolute atomic E-state index is 0. The van der Waals surface area contributed by atoms with Gasteiger partial charge < -0.3 is 20.6 Å². The van der Waals surface area contributed by atoms with Crippen molar-refractivity contribution < 1.29 is 24.9 Å². The summed E-state index contributed by atoms with van der Waals surface area (Å²) in [5.74, 6) is -0.637. The molecule has 2 rings (SSSR count). The van der Waals surface area contributed by atoms with E-state index < -0.39 is 5.97 Å². The molecule has 4 N–H and O–H groups in total. The largest absolute Gasteiger partial charge is 0.497 e. The highest BCUT2D eigenvalue weighted by Crippen LogP contribution is 2.25. The van der Waals surface area contributed by atoms with Crippen molar-refractivity contribution in [3.63, 3.8) is 0 Å². The van der Waals surface area contributed by atoms with Gasteiger partial charge in [0.05, 0.1) is 19.4 Å². The second-order valence-corrected chi connectivity index (χ2v) is 5.13. The second kappa shape index (κ2) is 8.14. The first-order valence-corrected chi connectivity index (χ1v) is 7.08. The van der Waals surface area contributed by atoms with Crippen LogP contribution in [-0.2, 0) is 9.59 Å². The Kier molecular flexibility index (Phi) is 6.53. The van der Waals surface area contributed by atoms with Gasteiger partial charge >= 0.3 is 5.97 Å². The first-order chi connectivity index (χ1) is 10.5. The molecule has 6 heteroatoms. The first kappa shape index (κ1) is 18.4. The van der Waals surface area contributed by atoms with Gasteiger partial charge in [-0.2, -0.15) is 0 Å². The van der Waals surface area contributed by atoms with Gasteiger partial charge in [0.1, 0.15) is 5.75 Å². The third-order valence-electron chi connectivity index (χ3n) is 3.60. The number of carboxylic acids is 1. The summed E-state index contributed by atoms with van der Waals surface area (Å²) in [7, 11) is 1.62. The molecule has 23 heavy (non-hydrogen) atoms. The summed E-state index contributed by atoms with van der Waals surface area (Å²) < 4.78 is 5.19. The standard InChI is InChI=1S/C17H19NO4.H2O/c1-11(17(21)18-8-7-16(19)20)12-3-4-14-10-15(22-2)6-5-13(14)9-12;/h3-6,9-11H,7-8H2,1-2H3,(H,18,21)(H,19,20);1H2/t11-;/m0./s1. The van der Waals surface area contributed by atoms with Crippen molar-refractivity contribution in [3.05, 3.63) is 42.0 Å². The van der Waals surface area contributed by atoms with Gasteiger partial charge in [-0.3, -0.25) is 9.59 Å². The fraction of sp³-hybridized carbons (Fsp3) is 0.294. The lowest BCUT2D eigenvalue weighted by Gasteiger charge is -2.13. The van der Waals surface area contributed by atoms with Crippen LogP contribution in [0.25, 0.3) is 10.8 Å². The predicted molar refractivity (Wildman–Crippen MR) is 87.8 cm³/mol. The molecule has 0 saturated carbocycles. The van der Waals surface area contributed by atoms with Crippen molar-refractivity contribution in [2.75, 3.05) is 13.7 Å². The van der Waals surface area contributed by atoms with E-state index in [0.717, 1.165) is 22.1 Å². The number of fused-ring (bicyclic) bond motifs is 1. The van der Waals surface area contributed by atoms with E-state index in [1.807, 2.05) is 36.4 Å². The number of hydrogen-bond donors (Lipinski definition) is 2. The Bertz CT molecular complexity index is 698. The molecular formula is C17H21NO5. The summed E-state index contributed by atoms with van der Waals surface area (Å²) in [6, 6.07) is 11.6. The van der Waals surface area contributed by atoms with Crippen molar-refractivity contribution >= 4 is 22.6 Å². The Labute approximate surface area is 134 Å². The van der Waals surface area contributed by atoms with Crippen molar-refractivity contribution in [2.24, 2.45) is 0 Å². The normalized spacial score (nSPS) is 11.4. The highest BCUT2D eigenvalue weighted by Gasteiger charge is 2.15. The van der Waals surface area contributed by atoms with Gasteiger partial charge in [-0.1, -0.05) is 24.3 Å². The molecule has 1 amide bonds. The van der Waals surface area contributed by atoms with Gasteiger partial charge in [0.2, 0.25) is 5.91 Å². The van der Waals surface area contributed by atoms with E-state index in [1.165, 1.54) is 0 Å². The highest BCUT2D eigenvalue weighted by molar-refractivity contribution is 5.88. The summed E-state index contributed by atoms with van der Waals surface area (Å²) in [4.78, 5) is 22.5. The van der Waals surface area contributed by atoms with Gasteiger partial charge in [-0.15, -0.1) is 0 Å². The number of methoxy groups -OCH3 is 1. The van der Waals surface area contributed by atoms with Crippen LogP contribution in [0.2, 0.25) is 0 Å². The van der Waals surface area contributed by atoms with E-state index in [0.29, 0.717) is 0 Å². The number of rotatable bonds is 6. The number of benzene rings is 2. The summed E-state index contributed by atoms with van der Waals surface area (Å²) in [5.41, 5.74) is 0.894. The molecule has 0 heterocycles. The molecule has 2 aromatic carbocycles. The SMILES string of the molecule is COc1ccc2cc([C@H](C)C(=O)NCCC(=O)O)ccc2c1.O. The van der Waals surface area contributed by atoms with Crippen molar-refractivity contribution in [1.82, 2.24) is 5.32 Å². The average molecular weight is 319 g/mol. The summed E-state index contributed by atoms with van der Waals surface area (Å²) >= 11 is 0. The molecule has 0 aliphatic carbocycles. The van der Waals surface area contributed by atoms with Gasteiger partial charge in [0.15, 0.2) is 0 Å². The number of amides is 1. The van der Waals surface area contributed by atoms with Gasteiger partial charge in [-0.05, 0) is 35.4 Å². The van der Waals surface area contributed by atoms with Crippen LogP contribution >= 0.6 is 0 Å². The molecule has 0 spiro atoms. The zero-order chi connectivity index (χ0) is 16.1. The van der Waals surface area contributed by atoms with Crippen LogP contribution in [0.3, 0.4) is 0 Å². The molecule has 0 fully saturated rings. The van der Waals surface area contributed by atoms with Crippen LogP contribution in [0, 0.1) is 0 Å². The van der Waals surface area contributed by atoms with Gasteiger partial charge in [-0.25, -0.2) is 0 Å². The van der Waals surface area contributed by atoms with E-state index in [2.05, 4.69) is 5.32 Å². The monoisotopic (exact) mass is 319 g/mol. The van der Waals surface area contributed by atoms with Crippen molar-refractivity contribution in [3.8, 4) is 5.75 Å². The molecule has 124 valence electrons. The quantitative estimate of drug-likeness (QED) is 0.845. The fourth-order valence-electron chi connectivity index (χ4n) is 2.24. The molecule has 2 aromatic rings. The van der Waals surface area contributed by atoms with E-state index >= 15 is 0 Å². The van der Waals surface area contributed by atoms with E-state index in [4.69, 9.17) is 9.84 Å². The number of hydrogen-bond acceptors (Lipinski definition) is 3. The van der Waals surface area contributed by atoms with E-state index in [-0.39, 0.29) is 30.3 Å². The zero-order valence-electron chi connectivity index (χ0n) is 13.1. The Morgan fingerprint density at radius 3 is 2.48 bits per heavy atom. The first-order valence-electron chi connectivity index (χ1n) is 7.08. The zero-order valence-corrected chi connectivity index (χ0v) is 13.1. The highest BCUT2D eigenvalue weighted by atomic mass is 16.5. The molecule has 0 bridgehead atoms. The maximum absolute atomic E-state index is 12.0. The Balaban J connectivity index is 0.00000264. The lowest BCUT2D eigenvalue weighted by Crippen LogP contribution is -2.29. The lowest BCUT2D eigenvalue weighted by molar-refractivity contribution is -0.136.